The third-order valence-electron chi connectivity index (χ3n) is 6.26. The van der Waals surface area contributed by atoms with Gasteiger partial charge in [0.15, 0.2) is 0 Å². The van der Waals surface area contributed by atoms with E-state index in [0.717, 1.165) is 22.2 Å². The smallest absolute Gasteiger partial charge is 0.305 e. The molecule has 0 radical (unpaired) electrons. The van der Waals surface area contributed by atoms with Crippen molar-refractivity contribution in [2.24, 2.45) is 0 Å². The number of rotatable bonds is 10. The first-order valence-corrected chi connectivity index (χ1v) is 13.4. The van der Waals surface area contributed by atoms with Crippen LogP contribution in [0, 0.1) is 6.92 Å². The third-order valence-corrected chi connectivity index (χ3v) is 7.64. The SMILES string of the molecule is COc1ccc(S(=O)(=O)Nc2ccc(N(Cc3cccc(C)c3)[C@@H](C)CC(=O)O)c3ccccc23)cc1. The van der Waals surface area contributed by atoms with E-state index >= 15 is 0 Å². The molecule has 0 fully saturated rings. The number of benzene rings is 4. The van der Waals surface area contributed by atoms with Gasteiger partial charge in [-0.15, -0.1) is 0 Å². The van der Waals surface area contributed by atoms with Crippen LogP contribution >= 0.6 is 0 Å². The summed E-state index contributed by atoms with van der Waals surface area (Å²) in [5, 5.41) is 11.0. The average Bonchev–Trinajstić information content (AvgIpc) is 2.87. The molecular formula is C29H30N2O5S. The van der Waals surface area contributed by atoms with Crippen molar-refractivity contribution >= 4 is 38.1 Å². The Morgan fingerprint density at radius 3 is 2.32 bits per heavy atom. The number of carboxylic acid groups (broad SMARTS) is 1. The van der Waals surface area contributed by atoms with Crippen molar-refractivity contribution in [3.8, 4) is 5.75 Å². The first-order chi connectivity index (χ1) is 17.7. The van der Waals surface area contributed by atoms with Crippen LogP contribution in [0.1, 0.15) is 24.5 Å². The number of aryl methyl sites for hydroxylation is 1. The number of sulfonamides is 1. The van der Waals surface area contributed by atoms with Crippen LogP contribution in [-0.4, -0.2) is 32.6 Å². The fraction of sp³-hybridized carbons (Fsp3) is 0.207. The molecule has 0 aliphatic heterocycles. The molecule has 8 heteroatoms. The number of carboxylic acids is 1. The van der Waals surface area contributed by atoms with E-state index in [0.29, 0.717) is 23.4 Å². The van der Waals surface area contributed by atoms with Crippen molar-refractivity contribution in [1.82, 2.24) is 0 Å². The molecule has 2 N–H and O–H groups in total. The minimum Gasteiger partial charge on any atom is -0.497 e. The van der Waals surface area contributed by atoms with Gasteiger partial charge in [-0.25, -0.2) is 8.42 Å². The number of nitrogens with one attached hydrogen (secondary N) is 1. The lowest BCUT2D eigenvalue weighted by Gasteiger charge is -2.32. The molecule has 0 amide bonds. The van der Waals surface area contributed by atoms with Crippen LogP contribution in [0.4, 0.5) is 11.4 Å². The highest BCUT2D eigenvalue weighted by molar-refractivity contribution is 7.92. The molecule has 192 valence electrons. The largest absolute Gasteiger partial charge is 0.497 e. The van der Waals surface area contributed by atoms with Gasteiger partial charge in [0, 0.05) is 29.0 Å². The Balaban J connectivity index is 1.76. The minimum atomic E-state index is -3.85. The topological polar surface area (TPSA) is 95.9 Å². The number of hydrogen-bond acceptors (Lipinski definition) is 5. The molecule has 0 saturated heterocycles. The van der Waals surface area contributed by atoms with Gasteiger partial charge in [0.1, 0.15) is 5.75 Å². The molecule has 37 heavy (non-hydrogen) atoms. The summed E-state index contributed by atoms with van der Waals surface area (Å²) in [6.07, 6.45) is -0.0357. The molecule has 4 aromatic rings. The van der Waals surface area contributed by atoms with Gasteiger partial charge in [-0.2, -0.15) is 0 Å². The molecular weight excluding hydrogens is 488 g/mol. The van der Waals surface area contributed by atoms with Crippen LogP contribution in [0.5, 0.6) is 5.75 Å². The summed E-state index contributed by atoms with van der Waals surface area (Å²) in [5.74, 6) is -0.312. The zero-order chi connectivity index (χ0) is 26.6. The van der Waals surface area contributed by atoms with E-state index in [-0.39, 0.29) is 17.4 Å². The predicted octanol–water partition coefficient (Wildman–Crippen LogP) is 5.83. The zero-order valence-corrected chi connectivity index (χ0v) is 21.8. The summed E-state index contributed by atoms with van der Waals surface area (Å²) < 4.78 is 34.1. The first kappa shape index (κ1) is 26.0. The van der Waals surface area contributed by atoms with E-state index in [2.05, 4.69) is 15.7 Å². The number of fused-ring (bicyclic) bond motifs is 1. The van der Waals surface area contributed by atoms with E-state index in [1.165, 1.54) is 19.2 Å². The lowest BCUT2D eigenvalue weighted by molar-refractivity contribution is -0.137. The number of methoxy groups -OCH3 is 1. The highest BCUT2D eigenvalue weighted by atomic mass is 32.2. The second kappa shape index (κ2) is 10.9. The summed E-state index contributed by atoms with van der Waals surface area (Å²) in [5.41, 5.74) is 3.46. The van der Waals surface area contributed by atoms with Crippen LogP contribution < -0.4 is 14.4 Å². The average molecular weight is 519 g/mol. The molecule has 0 spiro atoms. The quantitative estimate of drug-likeness (QED) is 0.274. The molecule has 7 nitrogen and oxygen atoms in total. The monoisotopic (exact) mass is 518 g/mol. The maximum atomic E-state index is 13.1. The van der Waals surface area contributed by atoms with Gasteiger partial charge in [0.25, 0.3) is 10.0 Å². The molecule has 1 atom stereocenters. The van der Waals surface area contributed by atoms with E-state index in [9.17, 15) is 18.3 Å². The van der Waals surface area contributed by atoms with E-state index in [1.807, 2.05) is 62.4 Å². The van der Waals surface area contributed by atoms with Crippen LogP contribution in [0.2, 0.25) is 0 Å². The normalized spacial score (nSPS) is 12.2. The lowest BCUT2D eigenvalue weighted by atomic mass is 10.0. The van der Waals surface area contributed by atoms with Gasteiger partial charge in [0.05, 0.1) is 24.1 Å². The van der Waals surface area contributed by atoms with Crippen molar-refractivity contribution in [1.29, 1.82) is 0 Å². The number of aliphatic carboxylic acids is 1. The van der Waals surface area contributed by atoms with Crippen LogP contribution in [0.25, 0.3) is 10.8 Å². The Kier molecular flexibility index (Phi) is 7.69. The molecule has 0 aromatic heterocycles. The maximum Gasteiger partial charge on any atom is 0.305 e. The van der Waals surface area contributed by atoms with Crippen LogP contribution in [0.3, 0.4) is 0 Å². The van der Waals surface area contributed by atoms with Gasteiger partial charge in [-0.1, -0.05) is 54.1 Å². The van der Waals surface area contributed by atoms with E-state index in [1.54, 1.807) is 18.2 Å². The Morgan fingerprint density at radius 1 is 0.973 bits per heavy atom. The Bertz CT molecular complexity index is 1520. The summed E-state index contributed by atoms with van der Waals surface area (Å²) in [7, 11) is -2.32. The number of ether oxygens (including phenoxy) is 1. The predicted molar refractivity (Wildman–Crippen MR) is 147 cm³/mol. The van der Waals surface area contributed by atoms with Crippen molar-refractivity contribution < 1.29 is 23.1 Å². The molecule has 0 aliphatic carbocycles. The molecule has 0 saturated carbocycles. The van der Waals surface area contributed by atoms with Crippen molar-refractivity contribution in [3.63, 3.8) is 0 Å². The van der Waals surface area contributed by atoms with Gasteiger partial charge in [-0.05, 0) is 55.8 Å². The maximum absolute atomic E-state index is 13.1. The molecule has 0 unspecified atom stereocenters. The number of anilines is 2. The van der Waals surface area contributed by atoms with E-state index < -0.39 is 16.0 Å². The second-order valence-electron chi connectivity index (χ2n) is 9.02. The van der Waals surface area contributed by atoms with E-state index in [4.69, 9.17) is 4.74 Å². The second-order valence-corrected chi connectivity index (χ2v) is 10.7. The lowest BCUT2D eigenvalue weighted by Crippen LogP contribution is -2.34. The molecule has 0 bridgehead atoms. The first-order valence-electron chi connectivity index (χ1n) is 11.9. The minimum absolute atomic E-state index is 0.0357. The number of carbonyl (C=O) groups is 1. The summed E-state index contributed by atoms with van der Waals surface area (Å²) in [6.45, 7) is 4.42. The highest BCUT2D eigenvalue weighted by Crippen LogP contribution is 2.35. The Morgan fingerprint density at radius 2 is 1.68 bits per heavy atom. The summed E-state index contributed by atoms with van der Waals surface area (Å²) in [4.78, 5) is 13.8. The Hall–Kier alpha value is -4.04. The van der Waals surface area contributed by atoms with Crippen molar-refractivity contribution in [3.05, 3.63) is 96.1 Å². The molecule has 4 aromatic carbocycles. The highest BCUT2D eigenvalue weighted by Gasteiger charge is 2.22. The molecule has 4 rings (SSSR count). The zero-order valence-electron chi connectivity index (χ0n) is 21.0. The number of hydrogen-bond donors (Lipinski definition) is 2. The molecule has 0 heterocycles. The third kappa shape index (κ3) is 6.03. The summed E-state index contributed by atoms with van der Waals surface area (Å²) in [6, 6.07) is 25.1. The standard InChI is InChI=1S/C29H30N2O5S/c1-20-7-6-8-22(17-20)19-31(21(2)18-29(32)33)28-16-15-27(25-9-4-5-10-26(25)28)30-37(34,35)24-13-11-23(36-3)12-14-24/h4-17,21,30H,18-19H2,1-3H3,(H,32,33)/t21-/m0/s1. The number of nitrogens with zero attached hydrogens (tertiary/aromatic N) is 1. The van der Waals surface area contributed by atoms with Crippen LogP contribution in [-0.2, 0) is 21.4 Å². The summed E-state index contributed by atoms with van der Waals surface area (Å²) >= 11 is 0. The van der Waals surface area contributed by atoms with Crippen LogP contribution in [0.15, 0.2) is 89.8 Å². The van der Waals surface area contributed by atoms with Gasteiger partial charge in [-0.3, -0.25) is 9.52 Å². The fourth-order valence-electron chi connectivity index (χ4n) is 4.43. The Labute approximate surface area is 217 Å². The van der Waals surface area contributed by atoms with Crippen molar-refractivity contribution in [2.75, 3.05) is 16.7 Å². The van der Waals surface area contributed by atoms with Crippen molar-refractivity contribution in [2.45, 2.75) is 37.8 Å². The fourth-order valence-corrected chi connectivity index (χ4v) is 5.51. The van der Waals surface area contributed by atoms with Gasteiger partial charge in [0.2, 0.25) is 0 Å². The van der Waals surface area contributed by atoms with Gasteiger partial charge < -0.3 is 14.7 Å². The molecule has 0 aliphatic rings. The van der Waals surface area contributed by atoms with Gasteiger partial charge >= 0.3 is 5.97 Å².